The number of carbonyl (C=O) groups excluding carboxylic acids is 1. The third-order valence-corrected chi connectivity index (χ3v) is 9.16. The number of anilines is 2. The molecule has 0 aromatic carbocycles. The molecule has 1 saturated heterocycles. The van der Waals surface area contributed by atoms with Crippen molar-refractivity contribution in [2.24, 2.45) is 23.2 Å². The molecule has 5 aliphatic carbocycles. The fourth-order valence-electron chi connectivity index (χ4n) is 8.05. The summed E-state index contributed by atoms with van der Waals surface area (Å²) >= 11 is 0. The molecule has 6 fully saturated rings. The largest absolute Gasteiger partial charge is 0.353 e. The first-order valence-electron chi connectivity index (χ1n) is 13.2. The van der Waals surface area contributed by atoms with Crippen molar-refractivity contribution in [3.63, 3.8) is 0 Å². The van der Waals surface area contributed by atoms with Gasteiger partial charge in [0.05, 0.1) is 5.41 Å². The Hall–Kier alpha value is -1.85. The van der Waals surface area contributed by atoms with E-state index in [2.05, 4.69) is 33.1 Å². The first-order chi connectivity index (χ1) is 15.6. The van der Waals surface area contributed by atoms with Crippen molar-refractivity contribution in [2.45, 2.75) is 83.6 Å². The Balaban J connectivity index is 1.10. The molecule has 1 amide bonds. The number of nitrogens with zero attached hydrogens (tertiary/aromatic N) is 4. The standard InChI is InChI=1S/C26H39N5O/c1-18-11-23(29-25(27-18)28-22-5-3-2-4-6-22)30-7-9-31(10-8-30)24(32)26-15-19-12-20(16-26)14-21(13-19)17-26/h11,19-22H,2-10,12-17H2,1H3,(H,27,28,29). The normalized spacial score (nSPS) is 34.7. The van der Waals surface area contributed by atoms with Crippen LogP contribution in [0.15, 0.2) is 6.07 Å². The highest BCUT2D eigenvalue weighted by Gasteiger charge is 2.55. The Kier molecular flexibility index (Phi) is 5.30. The Morgan fingerprint density at radius 1 is 0.938 bits per heavy atom. The molecule has 1 aromatic heterocycles. The molecule has 0 unspecified atom stereocenters. The van der Waals surface area contributed by atoms with Crippen LogP contribution in [0.4, 0.5) is 11.8 Å². The molecule has 4 bridgehead atoms. The first kappa shape index (κ1) is 20.7. The molecule has 0 radical (unpaired) electrons. The Morgan fingerprint density at radius 2 is 1.56 bits per heavy atom. The summed E-state index contributed by atoms with van der Waals surface area (Å²) in [4.78, 5) is 27.8. The van der Waals surface area contributed by atoms with Crippen LogP contribution in [0, 0.1) is 30.1 Å². The molecule has 5 saturated carbocycles. The molecule has 1 aliphatic heterocycles. The highest BCUT2D eigenvalue weighted by Crippen LogP contribution is 2.60. The first-order valence-corrected chi connectivity index (χ1v) is 13.2. The minimum atomic E-state index is -0.0144. The molecule has 174 valence electrons. The smallest absolute Gasteiger partial charge is 0.228 e. The maximum absolute atomic E-state index is 13.7. The second kappa shape index (κ2) is 8.18. The topological polar surface area (TPSA) is 61.4 Å². The maximum Gasteiger partial charge on any atom is 0.228 e. The molecule has 6 aliphatic rings. The molecule has 7 rings (SSSR count). The number of aromatic nitrogens is 2. The van der Waals surface area contributed by atoms with Gasteiger partial charge in [0.15, 0.2) is 0 Å². The van der Waals surface area contributed by atoms with Gasteiger partial charge in [0, 0.05) is 44.0 Å². The molecule has 6 nitrogen and oxygen atoms in total. The number of aryl methyl sites for hydroxylation is 1. The monoisotopic (exact) mass is 437 g/mol. The molecule has 32 heavy (non-hydrogen) atoms. The van der Waals surface area contributed by atoms with Gasteiger partial charge in [-0.2, -0.15) is 4.98 Å². The van der Waals surface area contributed by atoms with Gasteiger partial charge in [-0.25, -0.2) is 4.98 Å². The van der Waals surface area contributed by atoms with Crippen LogP contribution in [0.5, 0.6) is 0 Å². The van der Waals surface area contributed by atoms with Gasteiger partial charge in [-0.3, -0.25) is 4.79 Å². The third kappa shape index (κ3) is 3.88. The molecular weight excluding hydrogens is 398 g/mol. The van der Waals surface area contributed by atoms with E-state index in [1.165, 1.54) is 70.6 Å². The predicted octanol–water partition coefficient (Wildman–Crippen LogP) is 4.39. The highest BCUT2D eigenvalue weighted by atomic mass is 16.2. The Bertz CT molecular complexity index is 820. The van der Waals surface area contributed by atoms with E-state index >= 15 is 0 Å². The van der Waals surface area contributed by atoms with E-state index in [0.29, 0.717) is 11.9 Å². The van der Waals surface area contributed by atoms with Crippen LogP contribution >= 0.6 is 0 Å². The van der Waals surface area contributed by atoms with Crippen LogP contribution in [0.2, 0.25) is 0 Å². The summed E-state index contributed by atoms with van der Waals surface area (Å²) in [5.41, 5.74) is 1.000. The van der Waals surface area contributed by atoms with Gasteiger partial charge in [0.25, 0.3) is 0 Å². The van der Waals surface area contributed by atoms with Crippen molar-refractivity contribution >= 4 is 17.7 Å². The van der Waals surface area contributed by atoms with Crippen LogP contribution in [-0.2, 0) is 4.79 Å². The lowest BCUT2D eigenvalue weighted by atomic mass is 9.49. The number of amides is 1. The second-order valence-electron chi connectivity index (χ2n) is 11.6. The van der Waals surface area contributed by atoms with Crippen LogP contribution < -0.4 is 10.2 Å². The average Bonchev–Trinajstić information content (AvgIpc) is 2.78. The average molecular weight is 438 g/mol. The summed E-state index contributed by atoms with van der Waals surface area (Å²) in [6, 6.07) is 2.61. The van der Waals surface area contributed by atoms with Gasteiger partial charge in [0.1, 0.15) is 5.82 Å². The van der Waals surface area contributed by atoms with Crippen LogP contribution in [-0.4, -0.2) is 53.0 Å². The summed E-state index contributed by atoms with van der Waals surface area (Å²) in [7, 11) is 0. The summed E-state index contributed by atoms with van der Waals surface area (Å²) in [6.45, 7) is 5.46. The van der Waals surface area contributed by atoms with Gasteiger partial charge in [-0.15, -0.1) is 0 Å². The van der Waals surface area contributed by atoms with Crippen molar-refractivity contribution in [1.29, 1.82) is 0 Å². The van der Waals surface area contributed by atoms with Crippen LogP contribution in [0.25, 0.3) is 0 Å². The molecular formula is C26H39N5O. The van der Waals surface area contributed by atoms with Crippen molar-refractivity contribution in [2.75, 3.05) is 36.4 Å². The molecule has 1 aromatic rings. The molecule has 6 heteroatoms. The SMILES string of the molecule is Cc1cc(N2CCN(C(=O)C34CC5CC(CC(C5)C3)C4)CC2)nc(NC2CCCCC2)n1. The van der Waals surface area contributed by atoms with E-state index in [1.807, 2.05) is 0 Å². The number of hydrogen-bond acceptors (Lipinski definition) is 5. The minimum Gasteiger partial charge on any atom is -0.353 e. The summed E-state index contributed by atoms with van der Waals surface area (Å²) < 4.78 is 0. The van der Waals surface area contributed by atoms with Gasteiger partial charge in [-0.05, 0) is 76.0 Å². The zero-order valence-corrected chi connectivity index (χ0v) is 19.7. The maximum atomic E-state index is 13.7. The van der Waals surface area contributed by atoms with E-state index < -0.39 is 0 Å². The van der Waals surface area contributed by atoms with E-state index in [1.54, 1.807) is 0 Å². The van der Waals surface area contributed by atoms with Gasteiger partial charge in [-0.1, -0.05) is 19.3 Å². The summed E-state index contributed by atoms with van der Waals surface area (Å²) in [5, 5.41) is 3.59. The lowest BCUT2D eigenvalue weighted by molar-refractivity contribution is -0.158. The van der Waals surface area contributed by atoms with Gasteiger partial charge in [0.2, 0.25) is 11.9 Å². The summed E-state index contributed by atoms with van der Waals surface area (Å²) in [5.74, 6) is 4.74. The lowest BCUT2D eigenvalue weighted by Crippen LogP contribution is -2.58. The molecule has 1 N–H and O–H groups in total. The summed E-state index contributed by atoms with van der Waals surface area (Å²) in [6.07, 6.45) is 14.1. The molecule has 0 spiro atoms. The number of piperazine rings is 1. The predicted molar refractivity (Wildman–Crippen MR) is 127 cm³/mol. The van der Waals surface area contributed by atoms with Crippen molar-refractivity contribution in [3.8, 4) is 0 Å². The van der Waals surface area contributed by atoms with Crippen LogP contribution in [0.1, 0.15) is 76.3 Å². The van der Waals surface area contributed by atoms with Crippen molar-refractivity contribution < 1.29 is 4.79 Å². The van der Waals surface area contributed by atoms with E-state index in [4.69, 9.17) is 4.98 Å². The quantitative estimate of drug-likeness (QED) is 0.757. The van der Waals surface area contributed by atoms with E-state index in [0.717, 1.165) is 61.4 Å². The number of hydrogen-bond donors (Lipinski definition) is 1. The van der Waals surface area contributed by atoms with Gasteiger partial charge < -0.3 is 15.1 Å². The minimum absolute atomic E-state index is 0.0144. The second-order valence-corrected chi connectivity index (χ2v) is 11.6. The van der Waals surface area contributed by atoms with E-state index in [-0.39, 0.29) is 5.41 Å². The van der Waals surface area contributed by atoms with Crippen molar-refractivity contribution in [3.05, 3.63) is 11.8 Å². The fourth-order valence-corrected chi connectivity index (χ4v) is 8.05. The zero-order valence-electron chi connectivity index (χ0n) is 19.7. The Labute approximate surface area is 192 Å². The Morgan fingerprint density at radius 3 is 2.19 bits per heavy atom. The third-order valence-electron chi connectivity index (χ3n) is 9.16. The molecule has 2 heterocycles. The zero-order chi connectivity index (χ0) is 21.7. The number of rotatable bonds is 4. The lowest BCUT2D eigenvalue weighted by Gasteiger charge is -2.57. The fraction of sp³-hybridized carbons (Fsp3) is 0.808. The number of carbonyl (C=O) groups is 1. The van der Waals surface area contributed by atoms with E-state index in [9.17, 15) is 4.79 Å². The number of nitrogens with one attached hydrogen (secondary N) is 1. The van der Waals surface area contributed by atoms with Gasteiger partial charge >= 0.3 is 0 Å². The van der Waals surface area contributed by atoms with Crippen LogP contribution in [0.3, 0.4) is 0 Å². The molecule has 0 atom stereocenters. The highest BCUT2D eigenvalue weighted by molar-refractivity contribution is 5.83. The van der Waals surface area contributed by atoms with Crippen molar-refractivity contribution in [1.82, 2.24) is 14.9 Å².